The molecule has 122 valence electrons. The molecular formula is C15H25F3N2O. The van der Waals surface area contributed by atoms with Crippen molar-refractivity contribution in [3.8, 4) is 0 Å². The first-order valence-electron chi connectivity index (χ1n) is 7.77. The van der Waals surface area contributed by atoms with Crippen LogP contribution in [-0.4, -0.2) is 42.7 Å². The number of halogens is 3. The van der Waals surface area contributed by atoms with Gasteiger partial charge in [-0.1, -0.05) is 26.7 Å². The van der Waals surface area contributed by atoms with Gasteiger partial charge in [-0.2, -0.15) is 13.2 Å². The third-order valence-corrected chi connectivity index (χ3v) is 4.79. The Morgan fingerprint density at radius 2 is 1.86 bits per heavy atom. The Kier molecular flexibility index (Phi) is 4.85. The fourth-order valence-corrected chi connectivity index (χ4v) is 3.76. The first kappa shape index (κ1) is 16.6. The largest absolute Gasteiger partial charge is 0.392 e. The van der Waals surface area contributed by atoms with Crippen molar-refractivity contribution < 1.29 is 18.0 Å². The number of rotatable bonds is 3. The second-order valence-electron chi connectivity index (χ2n) is 7.13. The summed E-state index contributed by atoms with van der Waals surface area (Å²) < 4.78 is 39.0. The molecule has 1 amide bonds. The summed E-state index contributed by atoms with van der Waals surface area (Å²) in [6, 6.07) is 0.262. The third kappa shape index (κ3) is 4.34. The van der Waals surface area contributed by atoms with Crippen molar-refractivity contribution in [3.05, 3.63) is 0 Å². The lowest BCUT2D eigenvalue weighted by Crippen LogP contribution is -2.53. The molecule has 1 saturated heterocycles. The normalized spacial score (nSPS) is 27.8. The standard InChI is InChI=1S/C15H25F3N2O/c1-14(2)10-20(8-7-12(14)15(16,17)18)9-13(21)19-11-5-3-4-6-11/h11-12H,3-10H2,1-2H3,(H,19,21)/t12-/m0/s1. The van der Waals surface area contributed by atoms with Crippen molar-refractivity contribution >= 4 is 5.91 Å². The summed E-state index contributed by atoms with van der Waals surface area (Å²) in [6.45, 7) is 4.16. The predicted octanol–water partition coefficient (Wildman–Crippen LogP) is 2.96. The number of piperidine rings is 1. The molecule has 1 aliphatic heterocycles. The summed E-state index contributed by atoms with van der Waals surface area (Å²) in [7, 11) is 0. The monoisotopic (exact) mass is 306 g/mol. The molecular weight excluding hydrogens is 281 g/mol. The molecule has 1 aliphatic carbocycles. The maximum absolute atomic E-state index is 13.0. The van der Waals surface area contributed by atoms with E-state index in [2.05, 4.69) is 5.32 Å². The van der Waals surface area contributed by atoms with Crippen LogP contribution in [0, 0.1) is 11.3 Å². The minimum absolute atomic E-state index is 0.0526. The highest BCUT2D eigenvalue weighted by Gasteiger charge is 2.51. The van der Waals surface area contributed by atoms with E-state index in [1.807, 2.05) is 4.90 Å². The molecule has 2 aliphatic rings. The fraction of sp³-hybridized carbons (Fsp3) is 0.933. The molecule has 6 heteroatoms. The molecule has 1 N–H and O–H groups in total. The summed E-state index contributed by atoms with van der Waals surface area (Å²) in [4.78, 5) is 13.8. The molecule has 1 atom stereocenters. The molecule has 0 aromatic heterocycles. The fourth-order valence-electron chi connectivity index (χ4n) is 3.76. The van der Waals surface area contributed by atoms with Crippen LogP contribution >= 0.6 is 0 Å². The number of nitrogens with zero attached hydrogens (tertiary/aromatic N) is 1. The molecule has 0 radical (unpaired) electrons. The zero-order valence-electron chi connectivity index (χ0n) is 12.8. The van der Waals surface area contributed by atoms with Crippen molar-refractivity contribution in [1.29, 1.82) is 0 Å². The molecule has 0 aromatic carbocycles. The summed E-state index contributed by atoms with van der Waals surface area (Å²) >= 11 is 0. The minimum atomic E-state index is -4.15. The van der Waals surface area contributed by atoms with Crippen molar-refractivity contribution in [2.45, 2.75) is 58.2 Å². The van der Waals surface area contributed by atoms with Crippen LogP contribution < -0.4 is 5.32 Å². The average molecular weight is 306 g/mol. The van der Waals surface area contributed by atoms with E-state index in [4.69, 9.17) is 0 Å². The molecule has 0 spiro atoms. The molecule has 1 saturated carbocycles. The van der Waals surface area contributed by atoms with Gasteiger partial charge < -0.3 is 5.32 Å². The van der Waals surface area contributed by atoms with Crippen LogP contribution in [0.1, 0.15) is 46.0 Å². The highest BCUT2D eigenvalue weighted by atomic mass is 19.4. The quantitative estimate of drug-likeness (QED) is 0.869. The number of carbonyl (C=O) groups is 1. The molecule has 21 heavy (non-hydrogen) atoms. The van der Waals surface area contributed by atoms with Gasteiger partial charge in [-0.3, -0.25) is 9.69 Å². The van der Waals surface area contributed by atoms with Gasteiger partial charge in [-0.15, -0.1) is 0 Å². The summed E-state index contributed by atoms with van der Waals surface area (Å²) in [6.07, 6.45) is 0.263. The number of hydrogen-bond donors (Lipinski definition) is 1. The molecule has 0 bridgehead atoms. The first-order chi connectivity index (χ1) is 9.68. The van der Waals surface area contributed by atoms with Gasteiger partial charge in [0, 0.05) is 12.6 Å². The number of hydrogen-bond acceptors (Lipinski definition) is 2. The third-order valence-electron chi connectivity index (χ3n) is 4.79. The second-order valence-corrected chi connectivity index (χ2v) is 7.13. The average Bonchev–Trinajstić information content (AvgIpc) is 2.78. The molecule has 2 rings (SSSR count). The summed E-state index contributed by atoms with van der Waals surface area (Å²) in [5.41, 5.74) is -0.843. The van der Waals surface area contributed by atoms with Crippen molar-refractivity contribution in [1.82, 2.24) is 10.2 Å². The van der Waals surface area contributed by atoms with Gasteiger partial charge >= 0.3 is 6.18 Å². The number of likely N-dealkylation sites (tertiary alicyclic amines) is 1. The Balaban J connectivity index is 1.85. The van der Waals surface area contributed by atoms with Gasteiger partial charge in [-0.25, -0.2) is 0 Å². The molecule has 0 unspecified atom stereocenters. The van der Waals surface area contributed by atoms with E-state index in [0.29, 0.717) is 13.1 Å². The van der Waals surface area contributed by atoms with Crippen LogP contribution in [0.2, 0.25) is 0 Å². The number of nitrogens with one attached hydrogen (secondary N) is 1. The van der Waals surface area contributed by atoms with Gasteiger partial charge in [0.1, 0.15) is 0 Å². The number of amides is 1. The van der Waals surface area contributed by atoms with Crippen LogP contribution in [0.5, 0.6) is 0 Å². The number of alkyl halides is 3. The van der Waals surface area contributed by atoms with Crippen LogP contribution in [0.15, 0.2) is 0 Å². The van der Waals surface area contributed by atoms with E-state index in [1.54, 1.807) is 13.8 Å². The molecule has 3 nitrogen and oxygen atoms in total. The lowest BCUT2D eigenvalue weighted by atomic mass is 9.73. The SMILES string of the molecule is CC1(C)CN(CC(=O)NC2CCCC2)CC[C@@H]1C(F)(F)F. The van der Waals surface area contributed by atoms with E-state index in [-0.39, 0.29) is 24.9 Å². The van der Waals surface area contributed by atoms with E-state index < -0.39 is 17.5 Å². The second kappa shape index (κ2) is 6.15. The Morgan fingerprint density at radius 1 is 1.24 bits per heavy atom. The predicted molar refractivity (Wildman–Crippen MR) is 74.8 cm³/mol. The van der Waals surface area contributed by atoms with Crippen LogP contribution in [0.3, 0.4) is 0 Å². The van der Waals surface area contributed by atoms with E-state index in [1.165, 1.54) is 0 Å². The Morgan fingerprint density at radius 3 is 2.38 bits per heavy atom. The first-order valence-corrected chi connectivity index (χ1v) is 7.77. The van der Waals surface area contributed by atoms with Crippen LogP contribution in [0.25, 0.3) is 0 Å². The summed E-state index contributed by atoms with van der Waals surface area (Å²) in [5.74, 6) is -1.33. The minimum Gasteiger partial charge on any atom is -0.352 e. The Bertz CT molecular complexity index is 376. The van der Waals surface area contributed by atoms with E-state index in [9.17, 15) is 18.0 Å². The van der Waals surface area contributed by atoms with Gasteiger partial charge in [-0.05, 0) is 31.2 Å². The van der Waals surface area contributed by atoms with Gasteiger partial charge in [0.05, 0.1) is 12.5 Å². The van der Waals surface area contributed by atoms with Gasteiger partial charge in [0.15, 0.2) is 0 Å². The van der Waals surface area contributed by atoms with Crippen molar-refractivity contribution in [2.24, 2.45) is 11.3 Å². The lowest BCUT2D eigenvalue weighted by molar-refractivity contribution is -0.216. The number of carbonyl (C=O) groups excluding carboxylic acids is 1. The summed E-state index contributed by atoms with van der Waals surface area (Å²) in [5, 5.41) is 2.99. The lowest BCUT2D eigenvalue weighted by Gasteiger charge is -2.44. The zero-order valence-corrected chi connectivity index (χ0v) is 12.8. The maximum atomic E-state index is 13.0. The topological polar surface area (TPSA) is 32.3 Å². The molecule has 2 fully saturated rings. The smallest absolute Gasteiger partial charge is 0.352 e. The Labute approximate surface area is 124 Å². The highest BCUT2D eigenvalue weighted by Crippen LogP contribution is 2.44. The van der Waals surface area contributed by atoms with E-state index in [0.717, 1.165) is 25.7 Å². The zero-order chi connectivity index (χ0) is 15.7. The van der Waals surface area contributed by atoms with Crippen LogP contribution in [-0.2, 0) is 4.79 Å². The van der Waals surface area contributed by atoms with Crippen molar-refractivity contribution in [2.75, 3.05) is 19.6 Å². The van der Waals surface area contributed by atoms with Gasteiger partial charge in [0.2, 0.25) is 5.91 Å². The Hall–Kier alpha value is -0.780. The van der Waals surface area contributed by atoms with Gasteiger partial charge in [0.25, 0.3) is 0 Å². The van der Waals surface area contributed by atoms with E-state index >= 15 is 0 Å². The van der Waals surface area contributed by atoms with Crippen molar-refractivity contribution in [3.63, 3.8) is 0 Å². The molecule has 0 aromatic rings. The molecule has 1 heterocycles. The maximum Gasteiger partial charge on any atom is 0.392 e. The van der Waals surface area contributed by atoms with Crippen LogP contribution in [0.4, 0.5) is 13.2 Å². The highest BCUT2D eigenvalue weighted by molar-refractivity contribution is 5.78.